The minimum atomic E-state index is -0.400. The SMILES string of the molecule is O=C1C[C@@H]([NH+]2CCC(c3ccc(F)cc3)CC2)C(=O)N1c1ccc(F)cc1. The first kappa shape index (κ1) is 17.8. The molecule has 0 saturated carbocycles. The summed E-state index contributed by atoms with van der Waals surface area (Å²) < 4.78 is 26.2. The van der Waals surface area contributed by atoms with Crippen LogP contribution in [0.15, 0.2) is 48.5 Å². The van der Waals surface area contributed by atoms with Crippen LogP contribution in [0.4, 0.5) is 14.5 Å². The van der Waals surface area contributed by atoms with Crippen molar-refractivity contribution in [1.82, 2.24) is 0 Å². The highest BCUT2D eigenvalue weighted by atomic mass is 19.1. The van der Waals surface area contributed by atoms with Crippen LogP contribution in [0.25, 0.3) is 0 Å². The molecule has 4 nitrogen and oxygen atoms in total. The number of likely N-dealkylation sites (tertiary alicyclic amines) is 1. The maximum Gasteiger partial charge on any atom is 0.292 e. The molecule has 1 N–H and O–H groups in total. The average Bonchev–Trinajstić information content (AvgIpc) is 2.98. The summed E-state index contributed by atoms with van der Waals surface area (Å²) in [4.78, 5) is 27.5. The summed E-state index contributed by atoms with van der Waals surface area (Å²) in [7, 11) is 0. The van der Waals surface area contributed by atoms with Gasteiger partial charge in [0.2, 0.25) is 5.91 Å². The van der Waals surface area contributed by atoms with Gasteiger partial charge in [0.15, 0.2) is 6.04 Å². The molecule has 0 aliphatic carbocycles. The van der Waals surface area contributed by atoms with Crippen LogP contribution < -0.4 is 9.80 Å². The first-order valence-electron chi connectivity index (χ1n) is 9.25. The Morgan fingerprint density at radius 3 is 2.00 bits per heavy atom. The Morgan fingerprint density at radius 1 is 0.852 bits per heavy atom. The predicted octanol–water partition coefficient (Wildman–Crippen LogP) is 2.06. The van der Waals surface area contributed by atoms with Gasteiger partial charge < -0.3 is 4.90 Å². The van der Waals surface area contributed by atoms with Gasteiger partial charge in [0.05, 0.1) is 25.2 Å². The Kier molecular flexibility index (Phi) is 4.74. The lowest BCUT2D eigenvalue weighted by molar-refractivity contribution is -0.920. The summed E-state index contributed by atoms with van der Waals surface area (Å²) >= 11 is 0. The van der Waals surface area contributed by atoms with E-state index in [9.17, 15) is 18.4 Å². The van der Waals surface area contributed by atoms with Gasteiger partial charge in [0, 0.05) is 12.8 Å². The summed E-state index contributed by atoms with van der Waals surface area (Å²) in [5.74, 6) is -0.720. The van der Waals surface area contributed by atoms with Crippen LogP contribution in [0.5, 0.6) is 0 Å². The van der Waals surface area contributed by atoms with Crippen molar-refractivity contribution in [2.75, 3.05) is 18.0 Å². The smallest absolute Gasteiger partial charge is 0.292 e. The van der Waals surface area contributed by atoms with E-state index in [2.05, 4.69) is 0 Å². The molecule has 4 rings (SSSR count). The minimum Gasteiger partial charge on any atom is -0.324 e. The summed E-state index contributed by atoms with van der Waals surface area (Å²) in [6.45, 7) is 1.59. The van der Waals surface area contributed by atoms with Crippen molar-refractivity contribution in [3.05, 3.63) is 65.7 Å². The summed E-state index contributed by atoms with van der Waals surface area (Å²) in [5, 5.41) is 0. The summed E-state index contributed by atoms with van der Waals surface area (Å²) in [6, 6.07) is 11.7. The van der Waals surface area contributed by atoms with Gasteiger partial charge in [-0.3, -0.25) is 9.59 Å². The molecule has 140 valence electrons. The molecule has 0 bridgehead atoms. The van der Waals surface area contributed by atoms with Gasteiger partial charge >= 0.3 is 0 Å². The third kappa shape index (κ3) is 3.49. The lowest BCUT2D eigenvalue weighted by atomic mass is 9.89. The maximum atomic E-state index is 13.1. The van der Waals surface area contributed by atoms with E-state index in [0.29, 0.717) is 11.6 Å². The fourth-order valence-electron chi connectivity index (χ4n) is 4.22. The number of benzene rings is 2. The normalized spacial score (nSPS) is 25.9. The number of rotatable bonds is 3. The highest BCUT2D eigenvalue weighted by Crippen LogP contribution is 2.26. The minimum absolute atomic E-state index is 0.187. The van der Waals surface area contributed by atoms with Gasteiger partial charge in [-0.25, -0.2) is 13.7 Å². The second kappa shape index (κ2) is 7.19. The van der Waals surface area contributed by atoms with E-state index in [4.69, 9.17) is 0 Å². The van der Waals surface area contributed by atoms with Gasteiger partial charge in [0.25, 0.3) is 5.91 Å². The second-order valence-corrected chi connectivity index (χ2v) is 7.28. The molecule has 0 radical (unpaired) electrons. The molecular formula is C21H21F2N2O2+. The van der Waals surface area contributed by atoms with E-state index in [1.165, 1.54) is 41.3 Å². The molecule has 0 unspecified atom stereocenters. The second-order valence-electron chi connectivity index (χ2n) is 7.28. The number of nitrogens with zero attached hydrogens (tertiary/aromatic N) is 1. The zero-order chi connectivity index (χ0) is 19.0. The standard InChI is InChI=1S/C21H20F2N2O2/c22-16-3-1-14(2-4-16)15-9-11-24(12-10-15)19-13-20(26)25(21(19)27)18-7-5-17(23)6-8-18/h1-8,15,19H,9-13H2/p+1/t19-/m1/s1. The van der Waals surface area contributed by atoms with E-state index in [-0.39, 0.29) is 30.1 Å². The number of piperidine rings is 1. The molecule has 2 heterocycles. The fraction of sp³-hybridized carbons (Fsp3) is 0.333. The highest BCUT2D eigenvalue weighted by Gasteiger charge is 2.46. The zero-order valence-electron chi connectivity index (χ0n) is 14.8. The number of carbonyl (C=O) groups excluding carboxylic acids is 2. The molecular weight excluding hydrogens is 350 g/mol. The number of carbonyl (C=O) groups is 2. The summed E-state index contributed by atoms with van der Waals surface area (Å²) in [5.41, 5.74) is 1.55. The van der Waals surface area contributed by atoms with Crippen LogP contribution in [0, 0.1) is 11.6 Å². The number of halogens is 2. The van der Waals surface area contributed by atoms with Crippen molar-refractivity contribution in [2.45, 2.75) is 31.2 Å². The molecule has 1 atom stereocenters. The molecule has 2 aromatic carbocycles. The Balaban J connectivity index is 1.43. The molecule has 2 amide bonds. The predicted molar refractivity (Wildman–Crippen MR) is 96.4 cm³/mol. The number of anilines is 1. The molecule has 27 heavy (non-hydrogen) atoms. The molecule has 2 aromatic rings. The maximum absolute atomic E-state index is 13.1. The zero-order valence-corrected chi connectivity index (χ0v) is 14.8. The van der Waals surface area contributed by atoms with Gasteiger partial charge in [-0.15, -0.1) is 0 Å². The third-order valence-electron chi connectivity index (χ3n) is 5.69. The molecule has 2 aliphatic heterocycles. The van der Waals surface area contributed by atoms with Crippen molar-refractivity contribution in [3.63, 3.8) is 0 Å². The monoisotopic (exact) mass is 371 g/mol. The van der Waals surface area contributed by atoms with Gasteiger partial charge in [-0.2, -0.15) is 0 Å². The van der Waals surface area contributed by atoms with Crippen LogP contribution in [-0.4, -0.2) is 30.9 Å². The highest BCUT2D eigenvalue weighted by molar-refractivity contribution is 6.21. The topological polar surface area (TPSA) is 41.8 Å². The molecule has 6 heteroatoms. The number of nitrogens with one attached hydrogen (secondary N) is 1. The third-order valence-corrected chi connectivity index (χ3v) is 5.69. The largest absolute Gasteiger partial charge is 0.324 e. The van der Waals surface area contributed by atoms with E-state index in [1.807, 2.05) is 12.1 Å². The van der Waals surface area contributed by atoms with Gasteiger partial charge in [-0.1, -0.05) is 12.1 Å². The van der Waals surface area contributed by atoms with Crippen molar-refractivity contribution in [3.8, 4) is 0 Å². The number of imide groups is 1. The molecule has 0 aromatic heterocycles. The van der Waals surface area contributed by atoms with Crippen molar-refractivity contribution < 1.29 is 23.3 Å². The van der Waals surface area contributed by atoms with Gasteiger partial charge in [-0.05, 0) is 47.9 Å². The Bertz CT molecular complexity index is 843. The lowest BCUT2D eigenvalue weighted by Crippen LogP contribution is -3.17. The quantitative estimate of drug-likeness (QED) is 0.840. The molecule has 2 fully saturated rings. The molecule has 2 aliphatic rings. The summed E-state index contributed by atoms with van der Waals surface area (Å²) in [6.07, 6.45) is 1.98. The fourth-order valence-corrected chi connectivity index (χ4v) is 4.22. The molecule has 0 spiro atoms. The van der Waals surface area contributed by atoms with E-state index in [0.717, 1.165) is 36.4 Å². The van der Waals surface area contributed by atoms with Crippen LogP contribution in [0.3, 0.4) is 0 Å². The Labute approximate surface area is 156 Å². The van der Waals surface area contributed by atoms with Crippen molar-refractivity contribution >= 4 is 17.5 Å². The van der Waals surface area contributed by atoms with Gasteiger partial charge in [0.1, 0.15) is 11.6 Å². The number of quaternary nitrogens is 1. The van der Waals surface area contributed by atoms with Crippen LogP contribution in [0.1, 0.15) is 30.7 Å². The van der Waals surface area contributed by atoms with E-state index < -0.39 is 5.82 Å². The van der Waals surface area contributed by atoms with E-state index in [1.54, 1.807) is 0 Å². The van der Waals surface area contributed by atoms with Crippen LogP contribution >= 0.6 is 0 Å². The van der Waals surface area contributed by atoms with Crippen molar-refractivity contribution in [2.24, 2.45) is 0 Å². The molecule has 2 saturated heterocycles. The van der Waals surface area contributed by atoms with Crippen LogP contribution in [-0.2, 0) is 9.59 Å². The van der Waals surface area contributed by atoms with E-state index >= 15 is 0 Å². The Morgan fingerprint density at radius 2 is 1.41 bits per heavy atom. The first-order chi connectivity index (χ1) is 13.0. The number of amides is 2. The number of hydrogen-bond donors (Lipinski definition) is 1. The first-order valence-corrected chi connectivity index (χ1v) is 9.25. The Hall–Kier alpha value is -2.60. The number of hydrogen-bond acceptors (Lipinski definition) is 2. The van der Waals surface area contributed by atoms with Crippen LogP contribution in [0.2, 0.25) is 0 Å². The lowest BCUT2D eigenvalue weighted by Gasteiger charge is -2.32. The van der Waals surface area contributed by atoms with Crippen molar-refractivity contribution in [1.29, 1.82) is 0 Å². The average molecular weight is 371 g/mol.